The Morgan fingerprint density at radius 3 is 2.00 bits per heavy atom. The Kier molecular flexibility index (Phi) is 5.16. The summed E-state index contributed by atoms with van der Waals surface area (Å²) < 4.78 is 63.1. The van der Waals surface area contributed by atoms with E-state index in [2.05, 4.69) is 0 Å². The summed E-state index contributed by atoms with van der Waals surface area (Å²) in [5, 5.41) is -1.07. The van der Waals surface area contributed by atoms with Crippen molar-refractivity contribution in [3.05, 3.63) is 77.3 Å². The Hall–Kier alpha value is -1.79. The van der Waals surface area contributed by atoms with Crippen molar-refractivity contribution in [3.8, 4) is 0 Å². The molecule has 0 saturated carbocycles. The third kappa shape index (κ3) is 3.95. The smallest absolute Gasteiger partial charge is 0.223 e. The normalized spacial score (nSPS) is 14.1. The molecule has 0 aromatic heterocycles. The lowest BCUT2D eigenvalue weighted by Crippen LogP contribution is -2.12. The third-order valence-corrected chi connectivity index (χ3v) is 5.39. The van der Waals surface area contributed by atoms with Crippen molar-refractivity contribution in [2.24, 2.45) is 0 Å². The Bertz CT molecular complexity index is 782. The summed E-state index contributed by atoms with van der Waals surface area (Å²) in [6, 6.07) is 11.7. The number of hydrogen-bond donors (Lipinski definition) is 0. The summed E-state index contributed by atoms with van der Waals surface area (Å²) >= 11 is 5.53. The maximum Gasteiger partial charge on any atom is 0.416 e. The molecule has 7 heteroatoms. The van der Waals surface area contributed by atoms with E-state index in [0.29, 0.717) is 5.56 Å². The van der Waals surface area contributed by atoms with E-state index in [0.717, 1.165) is 29.8 Å². The van der Waals surface area contributed by atoms with E-state index >= 15 is 0 Å². The highest BCUT2D eigenvalue weighted by Gasteiger charge is 2.32. The van der Waals surface area contributed by atoms with E-state index in [1.165, 1.54) is 6.08 Å². The van der Waals surface area contributed by atoms with E-state index < -0.39 is 26.8 Å². The van der Waals surface area contributed by atoms with Gasteiger partial charge in [0.25, 0.3) is 0 Å². The predicted molar refractivity (Wildman–Crippen MR) is 82.8 cm³/mol. The summed E-state index contributed by atoms with van der Waals surface area (Å²) in [7, 11) is -3.92. The van der Waals surface area contributed by atoms with Gasteiger partial charge in [-0.15, -0.1) is 0 Å². The predicted octanol–water partition coefficient (Wildman–Crippen LogP) is 4.97. The molecule has 0 saturated heterocycles. The average molecular weight is 361 g/mol. The number of hydrogen-bond acceptors (Lipinski definition) is 2. The van der Waals surface area contributed by atoms with Crippen LogP contribution >= 0.6 is 11.6 Å². The maximum atomic E-state index is 12.7. The lowest BCUT2D eigenvalue weighted by Gasteiger charge is -2.15. The number of halogens is 4. The molecule has 1 unspecified atom stereocenters. The molecule has 0 radical (unpaired) electrons. The summed E-state index contributed by atoms with van der Waals surface area (Å²) in [6.07, 6.45) is -3.24. The van der Waals surface area contributed by atoms with Gasteiger partial charge in [0.15, 0.2) is 9.84 Å². The van der Waals surface area contributed by atoms with Crippen LogP contribution in [-0.4, -0.2) is 8.42 Å². The van der Waals surface area contributed by atoms with Gasteiger partial charge in [0.05, 0.1) is 10.5 Å². The minimum absolute atomic E-state index is 0.200. The van der Waals surface area contributed by atoms with Crippen LogP contribution in [0.1, 0.15) is 16.4 Å². The highest BCUT2D eigenvalue weighted by Crippen LogP contribution is 2.33. The van der Waals surface area contributed by atoms with E-state index in [9.17, 15) is 21.6 Å². The second-order valence-electron chi connectivity index (χ2n) is 4.72. The molecule has 0 aliphatic carbocycles. The summed E-state index contributed by atoms with van der Waals surface area (Å²) in [4.78, 5) is -0.200. The van der Waals surface area contributed by atoms with Crippen LogP contribution in [-0.2, 0) is 16.0 Å². The molecule has 23 heavy (non-hydrogen) atoms. The van der Waals surface area contributed by atoms with Gasteiger partial charge in [0.1, 0.15) is 5.25 Å². The minimum Gasteiger partial charge on any atom is -0.223 e. The van der Waals surface area contributed by atoms with Gasteiger partial charge in [-0.1, -0.05) is 48.0 Å². The van der Waals surface area contributed by atoms with Gasteiger partial charge in [0, 0.05) is 5.54 Å². The molecule has 0 aliphatic rings. The molecule has 1 atom stereocenters. The number of rotatable bonds is 4. The lowest BCUT2D eigenvalue weighted by molar-refractivity contribution is -0.137. The van der Waals surface area contributed by atoms with E-state index in [1.54, 1.807) is 30.3 Å². The Balaban J connectivity index is 2.47. The number of sulfone groups is 1. The molecule has 2 rings (SSSR count). The van der Waals surface area contributed by atoms with E-state index in [4.69, 9.17) is 11.6 Å². The largest absolute Gasteiger partial charge is 0.416 e. The van der Waals surface area contributed by atoms with Gasteiger partial charge in [-0.25, -0.2) is 8.42 Å². The molecule has 0 N–H and O–H groups in total. The topological polar surface area (TPSA) is 34.1 Å². The van der Waals surface area contributed by atoms with Gasteiger partial charge in [-0.2, -0.15) is 13.2 Å². The van der Waals surface area contributed by atoms with E-state index in [-0.39, 0.29) is 4.90 Å². The van der Waals surface area contributed by atoms with Crippen LogP contribution in [0.15, 0.2) is 71.1 Å². The molecule has 2 aromatic rings. The van der Waals surface area contributed by atoms with Crippen molar-refractivity contribution in [2.45, 2.75) is 16.3 Å². The lowest BCUT2D eigenvalue weighted by atomic mass is 10.1. The minimum atomic E-state index is -4.52. The molecule has 2 aromatic carbocycles. The molecule has 0 spiro atoms. The van der Waals surface area contributed by atoms with Crippen molar-refractivity contribution < 1.29 is 21.6 Å². The highest BCUT2D eigenvalue weighted by molar-refractivity contribution is 7.91. The standard InChI is InChI=1S/C16H12ClF3O2S/c17-11-10-15(12-4-2-1-3-5-12)23(21,22)14-8-6-13(7-9-14)16(18,19)20/h1-11,15H. The molecule has 0 heterocycles. The Morgan fingerprint density at radius 2 is 1.52 bits per heavy atom. The average Bonchev–Trinajstić information content (AvgIpc) is 2.52. The first-order valence-electron chi connectivity index (χ1n) is 6.50. The van der Waals surface area contributed by atoms with Crippen molar-refractivity contribution in [2.75, 3.05) is 0 Å². The van der Waals surface area contributed by atoms with Gasteiger partial charge in [0.2, 0.25) is 0 Å². The molecule has 0 aliphatic heterocycles. The highest BCUT2D eigenvalue weighted by atomic mass is 35.5. The number of alkyl halides is 3. The zero-order chi connectivity index (χ0) is 17.1. The van der Waals surface area contributed by atoms with Gasteiger partial charge >= 0.3 is 6.18 Å². The fraction of sp³-hybridized carbons (Fsp3) is 0.125. The van der Waals surface area contributed by atoms with Crippen LogP contribution in [0.25, 0.3) is 0 Å². The SMILES string of the molecule is O=S(=O)(c1ccc(C(F)(F)F)cc1)C(C=CCl)c1ccccc1. The van der Waals surface area contributed by atoms with Crippen molar-refractivity contribution in [1.29, 1.82) is 0 Å². The zero-order valence-corrected chi connectivity index (χ0v) is 13.2. The van der Waals surface area contributed by atoms with Gasteiger partial charge in [-0.3, -0.25) is 0 Å². The first kappa shape index (κ1) is 17.6. The maximum absolute atomic E-state index is 12.7. The quantitative estimate of drug-likeness (QED) is 0.771. The molecule has 0 bridgehead atoms. The monoisotopic (exact) mass is 360 g/mol. The van der Waals surface area contributed by atoms with Crippen molar-refractivity contribution in [3.63, 3.8) is 0 Å². The van der Waals surface area contributed by atoms with Crippen LogP contribution in [0.5, 0.6) is 0 Å². The second-order valence-corrected chi connectivity index (χ2v) is 7.04. The molecule has 0 amide bonds. The molecular formula is C16H12ClF3O2S. The first-order chi connectivity index (χ1) is 10.8. The number of benzene rings is 2. The first-order valence-corrected chi connectivity index (χ1v) is 8.48. The van der Waals surface area contributed by atoms with E-state index in [1.807, 2.05) is 0 Å². The third-order valence-electron chi connectivity index (χ3n) is 3.22. The Labute approximate surface area is 137 Å². The molecular weight excluding hydrogens is 349 g/mol. The molecule has 2 nitrogen and oxygen atoms in total. The van der Waals surface area contributed by atoms with Gasteiger partial charge < -0.3 is 0 Å². The summed E-state index contributed by atoms with van der Waals surface area (Å²) in [6.45, 7) is 0. The molecule has 0 fully saturated rings. The van der Waals surface area contributed by atoms with Gasteiger partial charge in [-0.05, 0) is 29.8 Å². The van der Waals surface area contributed by atoms with Crippen LogP contribution in [0, 0.1) is 0 Å². The van der Waals surface area contributed by atoms with Crippen LogP contribution < -0.4 is 0 Å². The Morgan fingerprint density at radius 1 is 0.957 bits per heavy atom. The van der Waals surface area contributed by atoms with Crippen molar-refractivity contribution >= 4 is 21.4 Å². The van der Waals surface area contributed by atoms with Crippen LogP contribution in [0.4, 0.5) is 13.2 Å². The molecule has 122 valence electrons. The summed E-state index contributed by atoms with van der Waals surface area (Å²) in [5.74, 6) is 0. The van der Waals surface area contributed by atoms with Crippen LogP contribution in [0.3, 0.4) is 0 Å². The van der Waals surface area contributed by atoms with Crippen molar-refractivity contribution in [1.82, 2.24) is 0 Å². The summed E-state index contributed by atoms with van der Waals surface area (Å²) in [5.41, 5.74) is 0.657. The van der Waals surface area contributed by atoms with Crippen LogP contribution in [0.2, 0.25) is 0 Å². The fourth-order valence-electron chi connectivity index (χ4n) is 2.08. The zero-order valence-electron chi connectivity index (χ0n) is 11.7. The fourth-order valence-corrected chi connectivity index (χ4v) is 3.92. The second kappa shape index (κ2) is 6.76.